The molecule has 1 aromatic rings. The van der Waals surface area contributed by atoms with Gasteiger partial charge in [0.2, 0.25) is 0 Å². The Balaban J connectivity index is 0.000000531. The molecule has 0 atom stereocenters. The highest BCUT2D eigenvalue weighted by Crippen LogP contribution is 2.17. The smallest absolute Gasteiger partial charge is 0.0395 e. The maximum absolute atomic E-state index is 4.51. The van der Waals surface area contributed by atoms with Crippen molar-refractivity contribution in [3.05, 3.63) is 34.9 Å². The van der Waals surface area contributed by atoms with Crippen LogP contribution in [0.1, 0.15) is 43.9 Å². The van der Waals surface area contributed by atoms with E-state index in [1.165, 1.54) is 35.2 Å². The molecule has 0 N–H and O–H groups in total. The van der Waals surface area contributed by atoms with E-state index in [1.807, 2.05) is 13.8 Å². The molecule has 0 amide bonds. The van der Waals surface area contributed by atoms with Crippen molar-refractivity contribution in [3.8, 4) is 0 Å². The highest BCUT2D eigenvalue weighted by atomic mass is 14.7. The summed E-state index contributed by atoms with van der Waals surface area (Å²) < 4.78 is 0. The molecule has 1 nitrogen and oxygen atoms in total. The summed E-state index contributed by atoms with van der Waals surface area (Å²) in [6, 6.07) is 6.66. The average Bonchev–Trinajstić information content (AvgIpc) is 2.43. The molecular formula is C14H21N. The number of aliphatic imine (C=N–C) groups is 1. The molecule has 1 heterocycles. The SMILES string of the molecule is CC.CC1=NCCCc2cc(C)ccc21. The van der Waals surface area contributed by atoms with Gasteiger partial charge in [-0.1, -0.05) is 37.6 Å². The molecule has 0 saturated carbocycles. The van der Waals surface area contributed by atoms with Gasteiger partial charge in [-0.05, 0) is 37.8 Å². The van der Waals surface area contributed by atoms with Crippen molar-refractivity contribution in [1.29, 1.82) is 0 Å². The Hall–Kier alpha value is -1.11. The summed E-state index contributed by atoms with van der Waals surface area (Å²) in [5, 5.41) is 0. The number of fused-ring (bicyclic) bond motifs is 1. The average molecular weight is 203 g/mol. The summed E-state index contributed by atoms with van der Waals surface area (Å²) in [5.74, 6) is 0. The molecular weight excluding hydrogens is 182 g/mol. The van der Waals surface area contributed by atoms with Crippen molar-refractivity contribution in [2.24, 2.45) is 4.99 Å². The van der Waals surface area contributed by atoms with E-state index in [4.69, 9.17) is 0 Å². The van der Waals surface area contributed by atoms with Gasteiger partial charge in [-0.3, -0.25) is 4.99 Å². The molecule has 1 heteroatoms. The van der Waals surface area contributed by atoms with Crippen LogP contribution in [0, 0.1) is 6.92 Å². The molecule has 0 fully saturated rings. The van der Waals surface area contributed by atoms with Crippen LogP contribution in [0.3, 0.4) is 0 Å². The third kappa shape index (κ3) is 2.92. The van der Waals surface area contributed by atoms with Crippen LogP contribution in [-0.4, -0.2) is 12.3 Å². The highest BCUT2D eigenvalue weighted by Gasteiger charge is 2.08. The van der Waals surface area contributed by atoms with Crippen LogP contribution in [-0.2, 0) is 6.42 Å². The van der Waals surface area contributed by atoms with Crippen LogP contribution in [0.25, 0.3) is 0 Å². The minimum atomic E-state index is 0.986. The molecule has 1 aliphatic heterocycles. The second-order valence-electron chi connectivity index (χ2n) is 3.73. The van der Waals surface area contributed by atoms with Gasteiger partial charge >= 0.3 is 0 Å². The molecule has 0 saturated heterocycles. The zero-order valence-corrected chi connectivity index (χ0v) is 10.3. The van der Waals surface area contributed by atoms with Crippen LogP contribution in [0.15, 0.2) is 23.2 Å². The summed E-state index contributed by atoms with van der Waals surface area (Å²) in [4.78, 5) is 4.51. The van der Waals surface area contributed by atoms with Gasteiger partial charge in [-0.25, -0.2) is 0 Å². The van der Waals surface area contributed by atoms with E-state index in [9.17, 15) is 0 Å². The van der Waals surface area contributed by atoms with Crippen molar-refractivity contribution in [2.75, 3.05) is 6.54 Å². The molecule has 82 valence electrons. The minimum absolute atomic E-state index is 0.986. The third-order valence-electron chi connectivity index (χ3n) is 2.60. The van der Waals surface area contributed by atoms with Crippen LogP contribution >= 0.6 is 0 Å². The molecule has 0 unspecified atom stereocenters. The second kappa shape index (κ2) is 5.69. The monoisotopic (exact) mass is 203 g/mol. The predicted octanol–water partition coefficient (Wildman–Crippen LogP) is 3.78. The van der Waals surface area contributed by atoms with Crippen LogP contribution in [0.2, 0.25) is 0 Å². The first-order valence-corrected chi connectivity index (χ1v) is 5.88. The quantitative estimate of drug-likeness (QED) is 0.608. The second-order valence-corrected chi connectivity index (χ2v) is 3.73. The number of rotatable bonds is 0. The van der Waals surface area contributed by atoms with Crippen molar-refractivity contribution in [1.82, 2.24) is 0 Å². The zero-order chi connectivity index (χ0) is 11.3. The lowest BCUT2D eigenvalue weighted by Gasteiger charge is -2.06. The van der Waals surface area contributed by atoms with E-state index >= 15 is 0 Å². The number of nitrogens with zero attached hydrogens (tertiary/aromatic N) is 1. The molecule has 2 rings (SSSR count). The van der Waals surface area contributed by atoms with Gasteiger partial charge in [0.1, 0.15) is 0 Å². The largest absolute Gasteiger partial charge is 0.289 e. The number of hydrogen-bond acceptors (Lipinski definition) is 1. The first-order chi connectivity index (χ1) is 7.27. The molecule has 1 aromatic carbocycles. The van der Waals surface area contributed by atoms with Crippen molar-refractivity contribution in [3.63, 3.8) is 0 Å². The minimum Gasteiger partial charge on any atom is -0.289 e. The van der Waals surface area contributed by atoms with Gasteiger partial charge in [0, 0.05) is 12.3 Å². The molecule has 0 bridgehead atoms. The summed E-state index contributed by atoms with van der Waals surface area (Å²) in [6.45, 7) is 9.25. The number of benzene rings is 1. The van der Waals surface area contributed by atoms with Crippen LogP contribution < -0.4 is 0 Å². The lowest BCUT2D eigenvalue weighted by Crippen LogP contribution is -1.98. The topological polar surface area (TPSA) is 12.4 Å². The van der Waals surface area contributed by atoms with E-state index < -0.39 is 0 Å². The maximum Gasteiger partial charge on any atom is 0.0395 e. The lowest BCUT2D eigenvalue weighted by atomic mass is 9.99. The Labute approximate surface area is 93.2 Å². The fourth-order valence-electron chi connectivity index (χ4n) is 1.88. The Morgan fingerprint density at radius 1 is 1.13 bits per heavy atom. The van der Waals surface area contributed by atoms with Gasteiger partial charge < -0.3 is 0 Å². The van der Waals surface area contributed by atoms with Crippen LogP contribution in [0.5, 0.6) is 0 Å². The van der Waals surface area contributed by atoms with E-state index in [0.29, 0.717) is 0 Å². The third-order valence-corrected chi connectivity index (χ3v) is 2.60. The standard InChI is InChI=1S/C12H15N.C2H6/c1-9-5-6-12-10(2)13-7-3-4-11(12)8-9;1-2/h5-6,8H,3-4,7H2,1-2H3;1-2H3. The molecule has 0 spiro atoms. The van der Waals surface area contributed by atoms with Gasteiger partial charge in [0.15, 0.2) is 0 Å². The summed E-state index contributed by atoms with van der Waals surface area (Å²) in [5.41, 5.74) is 5.38. The normalized spacial score (nSPS) is 14.3. The van der Waals surface area contributed by atoms with Crippen molar-refractivity contribution < 1.29 is 0 Å². The Kier molecular flexibility index (Phi) is 4.54. The lowest BCUT2D eigenvalue weighted by molar-refractivity contribution is 0.844. The summed E-state index contributed by atoms with van der Waals surface area (Å²) >= 11 is 0. The predicted molar refractivity (Wildman–Crippen MR) is 67.9 cm³/mol. The summed E-state index contributed by atoms with van der Waals surface area (Å²) in [6.07, 6.45) is 2.37. The Morgan fingerprint density at radius 2 is 1.87 bits per heavy atom. The van der Waals surface area contributed by atoms with E-state index in [2.05, 4.69) is 37.0 Å². The van der Waals surface area contributed by atoms with Crippen molar-refractivity contribution >= 4 is 5.71 Å². The van der Waals surface area contributed by atoms with E-state index in [1.54, 1.807) is 0 Å². The fourth-order valence-corrected chi connectivity index (χ4v) is 1.88. The molecule has 1 aliphatic rings. The van der Waals surface area contributed by atoms with Gasteiger partial charge in [0.25, 0.3) is 0 Å². The number of hydrogen-bond donors (Lipinski definition) is 0. The molecule has 15 heavy (non-hydrogen) atoms. The van der Waals surface area contributed by atoms with Gasteiger partial charge in [-0.2, -0.15) is 0 Å². The molecule has 0 aromatic heterocycles. The van der Waals surface area contributed by atoms with Gasteiger partial charge in [-0.15, -0.1) is 0 Å². The van der Waals surface area contributed by atoms with E-state index in [-0.39, 0.29) is 0 Å². The van der Waals surface area contributed by atoms with Crippen LogP contribution in [0.4, 0.5) is 0 Å². The fraction of sp³-hybridized carbons (Fsp3) is 0.500. The number of aryl methyl sites for hydroxylation is 2. The van der Waals surface area contributed by atoms with Gasteiger partial charge in [0.05, 0.1) is 0 Å². The maximum atomic E-state index is 4.51. The first-order valence-electron chi connectivity index (χ1n) is 5.88. The van der Waals surface area contributed by atoms with E-state index in [0.717, 1.165) is 6.54 Å². The highest BCUT2D eigenvalue weighted by molar-refractivity contribution is 6.00. The molecule has 0 aliphatic carbocycles. The Bertz CT molecular complexity index is 350. The summed E-state index contributed by atoms with van der Waals surface area (Å²) in [7, 11) is 0. The Morgan fingerprint density at radius 3 is 2.60 bits per heavy atom. The zero-order valence-electron chi connectivity index (χ0n) is 10.3. The molecule has 0 radical (unpaired) electrons. The van der Waals surface area contributed by atoms with Crippen molar-refractivity contribution in [2.45, 2.75) is 40.5 Å². The first kappa shape index (κ1) is 12.0.